The van der Waals surface area contributed by atoms with Crippen LogP contribution in [0.3, 0.4) is 0 Å². The molecule has 0 radical (unpaired) electrons. The molecule has 2 saturated heterocycles. The second-order valence-electron chi connectivity index (χ2n) is 13.0. The molecule has 2 aliphatic rings. The summed E-state index contributed by atoms with van der Waals surface area (Å²) < 4.78 is 59.5. The Hall–Kier alpha value is -4.86. The van der Waals surface area contributed by atoms with Gasteiger partial charge in [-0.2, -0.15) is 4.98 Å². The van der Waals surface area contributed by atoms with Gasteiger partial charge in [-0.05, 0) is 41.3 Å². The van der Waals surface area contributed by atoms with Gasteiger partial charge in [-0.25, -0.2) is 13.2 Å². The maximum Gasteiger partial charge on any atom is 0.225 e. The van der Waals surface area contributed by atoms with E-state index in [0.717, 1.165) is 43.9 Å². The number of hydrogen-bond acceptors (Lipinski definition) is 6. The number of rotatable bonds is 11. The van der Waals surface area contributed by atoms with Crippen LogP contribution in [0, 0.1) is 11.6 Å². The van der Waals surface area contributed by atoms with Crippen LogP contribution in [0.1, 0.15) is 23.1 Å². The van der Waals surface area contributed by atoms with Crippen LogP contribution in [-0.4, -0.2) is 66.3 Å². The summed E-state index contributed by atoms with van der Waals surface area (Å²) in [6.07, 6.45) is -0.558. The van der Waals surface area contributed by atoms with Crippen molar-refractivity contribution >= 4 is 5.69 Å². The third-order valence-corrected chi connectivity index (χ3v) is 9.58. The van der Waals surface area contributed by atoms with Gasteiger partial charge < -0.3 is 14.4 Å². The maximum atomic E-state index is 15.9. The number of alkyl halides is 1. The van der Waals surface area contributed by atoms with Crippen LogP contribution in [0.5, 0.6) is 11.8 Å². The van der Waals surface area contributed by atoms with E-state index in [0.29, 0.717) is 18.7 Å². The molecular formula is C41H41F3N4O2. The Bertz CT molecular complexity index is 1820. The second-order valence-corrected chi connectivity index (χ2v) is 13.0. The summed E-state index contributed by atoms with van der Waals surface area (Å²) in [4.78, 5) is 10.9. The molecule has 6 nitrogen and oxygen atoms in total. The van der Waals surface area contributed by atoms with Crippen molar-refractivity contribution in [2.75, 3.05) is 44.2 Å². The third kappa shape index (κ3) is 8.12. The predicted molar refractivity (Wildman–Crippen MR) is 190 cm³/mol. The van der Waals surface area contributed by atoms with E-state index in [1.807, 2.05) is 66.7 Å². The number of piperidine rings is 1. The van der Waals surface area contributed by atoms with Crippen LogP contribution >= 0.6 is 0 Å². The molecule has 0 saturated carbocycles. The summed E-state index contributed by atoms with van der Waals surface area (Å²) >= 11 is 0. The average Bonchev–Trinajstić information content (AvgIpc) is 3.15. The topological polar surface area (TPSA) is 41.1 Å². The number of aromatic nitrogens is 1. The van der Waals surface area contributed by atoms with Crippen molar-refractivity contribution in [2.45, 2.75) is 38.4 Å². The van der Waals surface area contributed by atoms with Crippen LogP contribution < -0.4 is 14.4 Å². The number of hydrogen-bond donors (Lipinski definition) is 0. The minimum Gasteiger partial charge on any atom is -0.473 e. The molecule has 50 heavy (non-hydrogen) atoms. The maximum absolute atomic E-state index is 15.9. The number of halogens is 3. The van der Waals surface area contributed by atoms with Gasteiger partial charge in [0.05, 0.1) is 17.7 Å². The second kappa shape index (κ2) is 15.8. The van der Waals surface area contributed by atoms with Crippen molar-refractivity contribution in [3.63, 3.8) is 0 Å². The van der Waals surface area contributed by atoms with E-state index in [-0.39, 0.29) is 48.7 Å². The van der Waals surface area contributed by atoms with E-state index >= 15 is 13.2 Å². The molecule has 5 aromatic rings. The number of anilines is 1. The number of pyridine rings is 1. The molecule has 1 aromatic heterocycles. The van der Waals surface area contributed by atoms with Crippen LogP contribution in [-0.2, 0) is 19.8 Å². The average molecular weight is 679 g/mol. The lowest BCUT2D eigenvalue weighted by Crippen LogP contribution is -2.57. The van der Waals surface area contributed by atoms with Crippen molar-refractivity contribution in [1.82, 2.24) is 14.8 Å². The lowest BCUT2D eigenvalue weighted by Gasteiger charge is -2.44. The highest BCUT2D eigenvalue weighted by atomic mass is 19.1. The summed E-state index contributed by atoms with van der Waals surface area (Å²) in [5.41, 5.74) is 3.35. The Morgan fingerprint density at radius 3 is 1.84 bits per heavy atom. The Kier molecular flexibility index (Phi) is 10.6. The minimum atomic E-state index is -1.14. The molecule has 258 valence electrons. The molecule has 0 unspecified atom stereocenters. The molecule has 7 rings (SSSR count). The molecule has 0 spiro atoms. The molecule has 0 bridgehead atoms. The molecule has 2 aliphatic heterocycles. The van der Waals surface area contributed by atoms with E-state index in [4.69, 9.17) is 9.47 Å². The summed E-state index contributed by atoms with van der Waals surface area (Å²) in [5.74, 6) is -1.21. The van der Waals surface area contributed by atoms with Gasteiger partial charge in [0, 0.05) is 57.1 Å². The van der Waals surface area contributed by atoms with Gasteiger partial charge in [0.15, 0.2) is 0 Å². The summed E-state index contributed by atoms with van der Waals surface area (Å²) in [7, 11) is 0. The number of ether oxygens (including phenoxy) is 2. The lowest BCUT2D eigenvalue weighted by molar-refractivity contribution is 0.0431. The van der Waals surface area contributed by atoms with Crippen LogP contribution in [0.4, 0.5) is 18.9 Å². The molecule has 0 aliphatic carbocycles. The summed E-state index contributed by atoms with van der Waals surface area (Å²) in [5, 5.41) is 0. The summed E-state index contributed by atoms with van der Waals surface area (Å²) in [6.45, 7) is 5.27. The lowest BCUT2D eigenvalue weighted by atomic mass is 9.98. The highest BCUT2D eigenvalue weighted by Crippen LogP contribution is 2.37. The van der Waals surface area contributed by atoms with Crippen molar-refractivity contribution in [3.8, 4) is 22.9 Å². The zero-order valence-corrected chi connectivity index (χ0v) is 27.9. The monoisotopic (exact) mass is 678 g/mol. The van der Waals surface area contributed by atoms with Gasteiger partial charge >= 0.3 is 0 Å². The number of benzene rings is 4. The fourth-order valence-electron chi connectivity index (χ4n) is 6.89. The van der Waals surface area contributed by atoms with Gasteiger partial charge in [-0.1, -0.05) is 91.0 Å². The third-order valence-electron chi connectivity index (χ3n) is 9.58. The van der Waals surface area contributed by atoms with Gasteiger partial charge in [-0.15, -0.1) is 0 Å². The van der Waals surface area contributed by atoms with E-state index in [1.54, 1.807) is 17.0 Å². The molecule has 0 amide bonds. The van der Waals surface area contributed by atoms with Gasteiger partial charge in [0.2, 0.25) is 11.8 Å². The van der Waals surface area contributed by atoms with Crippen molar-refractivity contribution in [3.05, 3.63) is 144 Å². The first-order valence-electron chi connectivity index (χ1n) is 17.2. The van der Waals surface area contributed by atoms with Crippen molar-refractivity contribution < 1.29 is 22.6 Å². The number of nitrogens with zero attached hydrogens (tertiary/aromatic N) is 4. The highest BCUT2D eigenvalue weighted by molar-refractivity contribution is 5.72. The summed E-state index contributed by atoms with van der Waals surface area (Å²) in [6, 6.07) is 35.0. The first-order chi connectivity index (χ1) is 24.5. The molecule has 4 aromatic carbocycles. The first kappa shape index (κ1) is 33.6. The molecule has 3 heterocycles. The fraction of sp³-hybridized carbons (Fsp3) is 0.293. The zero-order valence-electron chi connectivity index (χ0n) is 27.9. The molecule has 2 atom stereocenters. The molecular weight excluding hydrogens is 637 g/mol. The fourth-order valence-corrected chi connectivity index (χ4v) is 6.89. The smallest absolute Gasteiger partial charge is 0.225 e. The van der Waals surface area contributed by atoms with E-state index in [9.17, 15) is 0 Å². The van der Waals surface area contributed by atoms with Crippen LogP contribution in [0.25, 0.3) is 11.1 Å². The minimum absolute atomic E-state index is 0.0541. The van der Waals surface area contributed by atoms with Gasteiger partial charge in [-0.3, -0.25) is 9.80 Å². The Balaban J connectivity index is 1.04. The van der Waals surface area contributed by atoms with Gasteiger partial charge in [0.1, 0.15) is 31.0 Å². The molecule has 0 N–H and O–H groups in total. The van der Waals surface area contributed by atoms with E-state index in [1.165, 1.54) is 17.7 Å². The van der Waals surface area contributed by atoms with Gasteiger partial charge in [0.25, 0.3) is 0 Å². The van der Waals surface area contributed by atoms with E-state index < -0.39 is 17.8 Å². The Labute approximate surface area is 291 Å². The van der Waals surface area contributed by atoms with Crippen molar-refractivity contribution in [1.29, 1.82) is 0 Å². The zero-order chi connectivity index (χ0) is 34.3. The van der Waals surface area contributed by atoms with Crippen molar-refractivity contribution in [2.24, 2.45) is 0 Å². The van der Waals surface area contributed by atoms with E-state index in [2.05, 4.69) is 39.0 Å². The standard InChI is InChI=1S/C41H41F3N4O2/c42-35-24-33(48-19-18-38(37(44)27-48)47-22-20-46(21-23-47)26-30-10-4-1-5-11-30)25-36(43)40(35)34-16-17-39(49-28-31-12-6-2-7-13-31)45-41(34)50-29-32-14-8-3-9-15-32/h1-17,24-25,37-38H,18-23,26-29H2/t37-,38-/m0/s1. The Morgan fingerprint density at radius 2 is 1.24 bits per heavy atom. The normalized spacial score (nSPS) is 18.6. The predicted octanol–water partition coefficient (Wildman–Crippen LogP) is 7.92. The first-order valence-corrected chi connectivity index (χ1v) is 17.2. The SMILES string of the molecule is Fc1cc(N2CC[C@H](N3CCN(Cc4ccccc4)CC3)[C@@H](F)C2)cc(F)c1-c1ccc(OCc2ccccc2)nc1OCc1ccccc1. The molecule has 2 fully saturated rings. The quantitative estimate of drug-likeness (QED) is 0.142. The number of piperazine rings is 1. The van der Waals surface area contributed by atoms with Crippen LogP contribution in [0.15, 0.2) is 115 Å². The largest absolute Gasteiger partial charge is 0.473 e. The molecule has 9 heteroatoms. The Morgan fingerprint density at radius 1 is 0.660 bits per heavy atom. The van der Waals surface area contributed by atoms with Crippen LogP contribution in [0.2, 0.25) is 0 Å². The highest BCUT2D eigenvalue weighted by Gasteiger charge is 2.35.